The van der Waals surface area contributed by atoms with Crippen LogP contribution in [0, 0.1) is 18.6 Å². The summed E-state index contributed by atoms with van der Waals surface area (Å²) in [5.74, 6) is -2.66. The highest BCUT2D eigenvalue weighted by molar-refractivity contribution is 7.97. The minimum atomic E-state index is -4.78. The highest BCUT2D eigenvalue weighted by atomic mass is 32.2. The molecular formula is C20H20F5N3O2S. The van der Waals surface area contributed by atoms with E-state index in [9.17, 15) is 26.7 Å². The molecule has 1 aromatic heterocycles. The number of carbonyl (C=O) groups excluding carboxylic acids is 1. The molecule has 0 fully saturated rings. The van der Waals surface area contributed by atoms with Crippen molar-refractivity contribution in [3.05, 3.63) is 52.9 Å². The molecule has 168 valence electrons. The van der Waals surface area contributed by atoms with Crippen LogP contribution in [0.2, 0.25) is 0 Å². The van der Waals surface area contributed by atoms with Gasteiger partial charge >= 0.3 is 6.36 Å². The van der Waals surface area contributed by atoms with Crippen LogP contribution in [0.3, 0.4) is 0 Å². The van der Waals surface area contributed by atoms with Gasteiger partial charge in [-0.25, -0.2) is 13.5 Å². The predicted octanol–water partition coefficient (Wildman–Crippen LogP) is 5.61. The van der Waals surface area contributed by atoms with Gasteiger partial charge in [-0.15, -0.1) is 13.2 Å². The number of allylic oxidation sites excluding steroid dienone is 1. The molecule has 2 heterocycles. The second-order valence-corrected chi connectivity index (χ2v) is 7.74. The molecule has 5 nitrogen and oxygen atoms in total. The van der Waals surface area contributed by atoms with Crippen molar-refractivity contribution < 1.29 is 31.5 Å². The summed E-state index contributed by atoms with van der Waals surface area (Å²) in [7, 11) is 0. The molecule has 1 aliphatic rings. The number of rotatable bonds is 6. The summed E-state index contributed by atoms with van der Waals surface area (Å²) in [6.07, 6.45) is -0.837. The highest BCUT2D eigenvalue weighted by Crippen LogP contribution is 2.34. The Bertz CT molecular complexity index is 1000. The number of benzene rings is 1. The number of nitrogens with zero attached hydrogens (tertiary/aromatic N) is 1. The first kappa shape index (κ1) is 23.3. The van der Waals surface area contributed by atoms with Crippen molar-refractivity contribution in [3.63, 3.8) is 0 Å². The molecule has 0 radical (unpaired) electrons. The third-order valence-corrected chi connectivity index (χ3v) is 5.72. The molecule has 1 aliphatic heterocycles. The summed E-state index contributed by atoms with van der Waals surface area (Å²) in [5, 5.41) is 2.55. The van der Waals surface area contributed by atoms with Crippen LogP contribution in [0.15, 0.2) is 29.2 Å². The van der Waals surface area contributed by atoms with Crippen molar-refractivity contribution in [2.45, 2.75) is 50.7 Å². The Hall–Kier alpha value is -2.37. The van der Waals surface area contributed by atoms with Crippen molar-refractivity contribution in [1.29, 1.82) is 0 Å². The fourth-order valence-corrected chi connectivity index (χ4v) is 4.12. The molecule has 1 amide bonds. The van der Waals surface area contributed by atoms with Crippen LogP contribution in [0.4, 0.5) is 27.6 Å². The first-order chi connectivity index (χ1) is 14.6. The van der Waals surface area contributed by atoms with E-state index in [0.29, 0.717) is 28.4 Å². The van der Waals surface area contributed by atoms with Gasteiger partial charge in [-0.3, -0.25) is 9.53 Å². The lowest BCUT2D eigenvalue weighted by Gasteiger charge is -2.16. The van der Waals surface area contributed by atoms with Gasteiger partial charge in [-0.1, -0.05) is 6.08 Å². The molecule has 1 atom stereocenters. The van der Waals surface area contributed by atoms with E-state index in [0.717, 1.165) is 36.9 Å². The lowest BCUT2D eigenvalue weighted by atomic mass is 10.2. The van der Waals surface area contributed by atoms with Gasteiger partial charge in [0.15, 0.2) is 11.6 Å². The number of nitrogens with one attached hydrogen (secondary N) is 2. The Morgan fingerprint density at radius 2 is 2.00 bits per heavy atom. The summed E-state index contributed by atoms with van der Waals surface area (Å²) in [6, 6.07) is 3.03. The molecule has 0 saturated heterocycles. The molecule has 1 aromatic carbocycles. The number of halogens is 5. The molecule has 0 bridgehead atoms. The zero-order valence-electron chi connectivity index (χ0n) is 16.6. The molecule has 2 aromatic rings. The van der Waals surface area contributed by atoms with E-state index in [-0.39, 0.29) is 5.69 Å². The fraction of sp³-hybridized carbons (Fsp3) is 0.350. The highest BCUT2D eigenvalue weighted by Gasteiger charge is 2.32. The Morgan fingerprint density at radius 1 is 1.26 bits per heavy atom. The van der Waals surface area contributed by atoms with Crippen LogP contribution in [0.25, 0.3) is 6.08 Å². The summed E-state index contributed by atoms with van der Waals surface area (Å²) < 4.78 is 72.2. The van der Waals surface area contributed by atoms with Gasteiger partial charge in [0, 0.05) is 18.3 Å². The average Bonchev–Trinajstić information content (AvgIpc) is 2.80. The maximum absolute atomic E-state index is 13.5. The average molecular weight is 461 g/mol. The molecule has 1 unspecified atom stereocenters. The SMILES string of the molecule is Cc1c(SNC(C)OC(F)(F)F)c2n(c1C(=O)Nc1ccc(F)c(F)c1)CCCC=C2. The van der Waals surface area contributed by atoms with Gasteiger partial charge in [0.05, 0.1) is 10.6 Å². The molecule has 0 spiro atoms. The number of hydrogen-bond acceptors (Lipinski definition) is 4. The standard InChI is InChI=1S/C20H20F5N3O2S/c1-11-17(19(29)26-13-7-8-14(21)15(22)10-13)28-9-5-3-4-6-16(28)18(11)31-27-12(2)30-20(23,24)25/h4,6-8,10,12,27H,3,5,9H2,1-2H3,(H,26,29). The van der Waals surface area contributed by atoms with E-state index in [4.69, 9.17) is 0 Å². The summed E-state index contributed by atoms with van der Waals surface area (Å²) in [5.41, 5.74) is 1.59. The van der Waals surface area contributed by atoms with Crippen molar-refractivity contribution in [2.24, 2.45) is 0 Å². The minimum absolute atomic E-state index is 0.0857. The van der Waals surface area contributed by atoms with E-state index in [1.54, 1.807) is 11.5 Å². The maximum Gasteiger partial charge on any atom is 0.524 e. The molecule has 11 heteroatoms. The van der Waals surface area contributed by atoms with Crippen molar-refractivity contribution in [2.75, 3.05) is 5.32 Å². The summed E-state index contributed by atoms with van der Waals surface area (Å²) >= 11 is 0.932. The second kappa shape index (κ2) is 9.41. The number of hydrogen-bond donors (Lipinski definition) is 2. The summed E-state index contributed by atoms with van der Waals surface area (Å²) in [4.78, 5) is 13.6. The number of aromatic nitrogens is 1. The van der Waals surface area contributed by atoms with Crippen molar-refractivity contribution in [3.8, 4) is 0 Å². The quantitative estimate of drug-likeness (QED) is 0.334. The zero-order valence-corrected chi connectivity index (χ0v) is 17.5. The molecule has 3 rings (SSSR count). The van der Waals surface area contributed by atoms with Crippen LogP contribution >= 0.6 is 11.9 Å². The molecule has 0 aliphatic carbocycles. The zero-order chi connectivity index (χ0) is 22.8. The van der Waals surface area contributed by atoms with Crippen LogP contribution in [-0.2, 0) is 11.3 Å². The Balaban J connectivity index is 1.89. The number of alkyl halides is 3. The van der Waals surface area contributed by atoms with Gasteiger partial charge in [0.1, 0.15) is 11.9 Å². The first-order valence-electron chi connectivity index (χ1n) is 9.39. The van der Waals surface area contributed by atoms with Crippen LogP contribution in [0.1, 0.15) is 41.5 Å². The fourth-order valence-electron chi connectivity index (χ4n) is 3.26. The minimum Gasteiger partial charge on any atom is -0.336 e. The third kappa shape index (κ3) is 5.66. The smallest absolute Gasteiger partial charge is 0.336 e. The number of carbonyl (C=O) groups is 1. The maximum atomic E-state index is 13.5. The molecule has 0 saturated carbocycles. The van der Waals surface area contributed by atoms with Gasteiger partial charge < -0.3 is 9.88 Å². The number of fused-ring (bicyclic) bond motifs is 1. The van der Waals surface area contributed by atoms with Crippen molar-refractivity contribution >= 4 is 29.6 Å². The summed E-state index contributed by atoms with van der Waals surface area (Å²) in [6.45, 7) is 3.41. The van der Waals surface area contributed by atoms with Gasteiger partial charge in [-0.2, -0.15) is 0 Å². The predicted molar refractivity (Wildman–Crippen MR) is 107 cm³/mol. The molecule has 31 heavy (non-hydrogen) atoms. The van der Waals surface area contributed by atoms with E-state index in [2.05, 4.69) is 14.8 Å². The Kier molecular flexibility index (Phi) is 7.07. The first-order valence-corrected chi connectivity index (χ1v) is 10.2. The van der Waals surface area contributed by atoms with E-state index in [1.165, 1.54) is 13.0 Å². The van der Waals surface area contributed by atoms with Crippen LogP contribution in [0.5, 0.6) is 0 Å². The van der Waals surface area contributed by atoms with E-state index >= 15 is 0 Å². The number of amides is 1. The topological polar surface area (TPSA) is 55.3 Å². The normalized spacial score (nSPS) is 14.8. The third-order valence-electron chi connectivity index (χ3n) is 4.55. The molecule has 2 N–H and O–H groups in total. The van der Waals surface area contributed by atoms with E-state index in [1.807, 2.05) is 12.2 Å². The van der Waals surface area contributed by atoms with Gasteiger partial charge in [-0.05, 0) is 62.4 Å². The van der Waals surface area contributed by atoms with Crippen LogP contribution < -0.4 is 10.0 Å². The lowest BCUT2D eigenvalue weighted by Crippen LogP contribution is -2.30. The number of ether oxygens (including phenoxy) is 1. The Morgan fingerprint density at radius 3 is 2.68 bits per heavy atom. The number of anilines is 1. The van der Waals surface area contributed by atoms with E-state index < -0.39 is 30.1 Å². The molecular weight excluding hydrogens is 441 g/mol. The Labute approximate surface area is 179 Å². The van der Waals surface area contributed by atoms with Crippen molar-refractivity contribution in [1.82, 2.24) is 9.29 Å². The second-order valence-electron chi connectivity index (χ2n) is 6.89. The lowest BCUT2D eigenvalue weighted by molar-refractivity contribution is -0.341. The van der Waals surface area contributed by atoms with Crippen LogP contribution in [-0.4, -0.2) is 23.1 Å². The largest absolute Gasteiger partial charge is 0.524 e. The van der Waals surface area contributed by atoms with Gasteiger partial charge in [0.25, 0.3) is 5.91 Å². The monoisotopic (exact) mass is 461 g/mol. The van der Waals surface area contributed by atoms with Gasteiger partial charge in [0.2, 0.25) is 0 Å².